The van der Waals surface area contributed by atoms with Crippen molar-refractivity contribution in [1.29, 1.82) is 0 Å². The zero-order valence-corrected chi connectivity index (χ0v) is 14.0. The summed E-state index contributed by atoms with van der Waals surface area (Å²) < 4.78 is 0. The summed E-state index contributed by atoms with van der Waals surface area (Å²) in [6, 6.07) is 7.67. The average molecular weight is 315 g/mol. The van der Waals surface area contributed by atoms with Gasteiger partial charge >= 0.3 is 0 Å². The van der Waals surface area contributed by atoms with Gasteiger partial charge in [0.2, 0.25) is 0 Å². The molecule has 0 spiro atoms. The van der Waals surface area contributed by atoms with Gasteiger partial charge in [0.15, 0.2) is 0 Å². The van der Waals surface area contributed by atoms with Crippen LogP contribution in [-0.4, -0.2) is 31.1 Å². The molecule has 0 bridgehead atoms. The number of halogens is 2. The molecule has 1 aliphatic carbocycles. The van der Waals surface area contributed by atoms with Gasteiger partial charge in [0.1, 0.15) is 0 Å². The lowest BCUT2D eigenvalue weighted by molar-refractivity contribution is 0.136. The SMILES string of the molecule is CNC1CCC(N(C)C(C)c2ccc(Cl)c(Cl)c2)CC1. The van der Waals surface area contributed by atoms with Crippen molar-refractivity contribution in [3.05, 3.63) is 33.8 Å². The fourth-order valence-corrected chi connectivity index (χ4v) is 3.40. The van der Waals surface area contributed by atoms with Crippen LogP contribution in [0, 0.1) is 0 Å². The quantitative estimate of drug-likeness (QED) is 0.879. The van der Waals surface area contributed by atoms with Crippen LogP contribution in [0.25, 0.3) is 0 Å². The second-order valence-corrected chi connectivity index (χ2v) is 6.62. The van der Waals surface area contributed by atoms with Crippen LogP contribution in [0.2, 0.25) is 10.0 Å². The fraction of sp³-hybridized carbons (Fsp3) is 0.625. The standard InChI is InChI=1S/C16H24Cl2N2/c1-11(12-4-9-15(17)16(18)10-12)20(3)14-7-5-13(19-2)6-8-14/h4,9-11,13-14,19H,5-8H2,1-3H3. The van der Waals surface area contributed by atoms with Crippen LogP contribution in [-0.2, 0) is 0 Å². The smallest absolute Gasteiger partial charge is 0.0595 e. The number of hydrogen-bond donors (Lipinski definition) is 1. The molecule has 112 valence electrons. The Bertz CT molecular complexity index is 442. The Morgan fingerprint density at radius 2 is 1.80 bits per heavy atom. The van der Waals surface area contributed by atoms with Crippen molar-refractivity contribution >= 4 is 23.2 Å². The molecule has 4 heteroatoms. The number of hydrogen-bond acceptors (Lipinski definition) is 2. The first kappa shape index (κ1) is 16.1. The minimum Gasteiger partial charge on any atom is -0.317 e. The molecule has 1 saturated carbocycles. The van der Waals surface area contributed by atoms with Gasteiger partial charge in [-0.2, -0.15) is 0 Å². The highest BCUT2D eigenvalue weighted by Gasteiger charge is 2.26. The summed E-state index contributed by atoms with van der Waals surface area (Å²) in [4.78, 5) is 2.48. The summed E-state index contributed by atoms with van der Waals surface area (Å²) in [5, 5.41) is 4.65. The monoisotopic (exact) mass is 314 g/mol. The predicted molar refractivity (Wildman–Crippen MR) is 87.7 cm³/mol. The molecule has 1 aliphatic rings. The zero-order valence-electron chi connectivity index (χ0n) is 12.5. The van der Waals surface area contributed by atoms with Gasteiger partial charge in [0, 0.05) is 18.1 Å². The maximum atomic E-state index is 6.13. The number of rotatable bonds is 4. The van der Waals surface area contributed by atoms with Gasteiger partial charge in [-0.05, 0) is 64.4 Å². The first-order valence-corrected chi connectivity index (χ1v) is 8.12. The topological polar surface area (TPSA) is 15.3 Å². The minimum atomic E-state index is 0.362. The Balaban J connectivity index is 2.01. The highest BCUT2D eigenvalue weighted by Crippen LogP contribution is 2.31. The molecule has 0 radical (unpaired) electrons. The lowest BCUT2D eigenvalue weighted by atomic mass is 9.89. The molecule has 0 aliphatic heterocycles. The Morgan fingerprint density at radius 3 is 2.35 bits per heavy atom. The van der Waals surface area contributed by atoms with Crippen LogP contribution in [0.1, 0.15) is 44.2 Å². The fourth-order valence-electron chi connectivity index (χ4n) is 3.10. The average Bonchev–Trinajstić information content (AvgIpc) is 2.48. The molecule has 1 aromatic carbocycles. The molecular formula is C16H24Cl2N2. The van der Waals surface area contributed by atoms with E-state index in [-0.39, 0.29) is 0 Å². The summed E-state index contributed by atoms with van der Waals surface area (Å²) in [7, 11) is 4.28. The zero-order chi connectivity index (χ0) is 14.7. The Kier molecular flexibility index (Phi) is 5.74. The van der Waals surface area contributed by atoms with E-state index in [9.17, 15) is 0 Å². The summed E-state index contributed by atoms with van der Waals surface area (Å²) in [6.07, 6.45) is 5.04. The van der Waals surface area contributed by atoms with E-state index < -0.39 is 0 Å². The van der Waals surface area contributed by atoms with Crippen LogP contribution in [0.4, 0.5) is 0 Å². The van der Waals surface area contributed by atoms with Gasteiger partial charge < -0.3 is 5.32 Å². The molecule has 2 nitrogen and oxygen atoms in total. The first-order chi connectivity index (χ1) is 9.52. The Hall–Kier alpha value is -0.280. The summed E-state index contributed by atoms with van der Waals surface area (Å²) in [6.45, 7) is 2.24. The van der Waals surface area contributed by atoms with Crippen molar-refractivity contribution in [2.45, 2.75) is 50.7 Å². The molecule has 2 rings (SSSR count). The molecule has 0 saturated heterocycles. The largest absolute Gasteiger partial charge is 0.317 e. The highest BCUT2D eigenvalue weighted by atomic mass is 35.5. The summed E-state index contributed by atoms with van der Waals surface area (Å²) in [5.41, 5.74) is 1.23. The molecule has 1 aromatic rings. The van der Waals surface area contributed by atoms with Crippen LogP contribution < -0.4 is 5.32 Å². The molecule has 1 unspecified atom stereocenters. The summed E-state index contributed by atoms with van der Waals surface area (Å²) >= 11 is 12.1. The van der Waals surface area contributed by atoms with Crippen LogP contribution in [0.5, 0.6) is 0 Å². The van der Waals surface area contributed by atoms with Crippen LogP contribution in [0.3, 0.4) is 0 Å². The number of benzene rings is 1. The van der Waals surface area contributed by atoms with Crippen molar-refractivity contribution < 1.29 is 0 Å². The van der Waals surface area contributed by atoms with Crippen LogP contribution in [0.15, 0.2) is 18.2 Å². The third-order valence-corrected chi connectivity index (χ3v) is 5.46. The van der Waals surface area contributed by atoms with E-state index in [1.165, 1.54) is 31.2 Å². The number of nitrogens with one attached hydrogen (secondary N) is 1. The lowest BCUT2D eigenvalue weighted by Gasteiger charge is -2.38. The van der Waals surface area contributed by atoms with E-state index in [4.69, 9.17) is 23.2 Å². The Labute approximate surface area is 132 Å². The van der Waals surface area contributed by atoms with Crippen molar-refractivity contribution in [3.63, 3.8) is 0 Å². The van der Waals surface area contributed by atoms with Crippen molar-refractivity contribution in [1.82, 2.24) is 10.2 Å². The van der Waals surface area contributed by atoms with Crippen LogP contribution >= 0.6 is 23.2 Å². The minimum absolute atomic E-state index is 0.362. The van der Waals surface area contributed by atoms with Crippen molar-refractivity contribution in [3.8, 4) is 0 Å². The molecule has 0 amide bonds. The van der Waals surface area contributed by atoms with Gasteiger partial charge in [0.25, 0.3) is 0 Å². The Morgan fingerprint density at radius 1 is 1.15 bits per heavy atom. The maximum absolute atomic E-state index is 6.13. The maximum Gasteiger partial charge on any atom is 0.0595 e. The second kappa shape index (κ2) is 7.13. The summed E-state index contributed by atoms with van der Waals surface area (Å²) in [5.74, 6) is 0. The van der Waals surface area contributed by atoms with E-state index in [0.29, 0.717) is 28.2 Å². The second-order valence-electron chi connectivity index (χ2n) is 5.81. The molecule has 1 atom stereocenters. The normalized spacial score (nSPS) is 24.9. The van der Waals surface area contributed by atoms with Gasteiger partial charge in [0.05, 0.1) is 10.0 Å². The number of nitrogens with zero attached hydrogens (tertiary/aromatic N) is 1. The molecule has 0 aromatic heterocycles. The predicted octanol–water partition coefficient (Wildman–Crippen LogP) is 4.52. The van der Waals surface area contributed by atoms with Gasteiger partial charge in [-0.3, -0.25) is 4.90 Å². The third-order valence-electron chi connectivity index (χ3n) is 4.72. The van der Waals surface area contributed by atoms with Gasteiger partial charge in [-0.15, -0.1) is 0 Å². The van der Waals surface area contributed by atoms with E-state index in [2.05, 4.69) is 37.3 Å². The molecule has 20 heavy (non-hydrogen) atoms. The highest BCUT2D eigenvalue weighted by molar-refractivity contribution is 6.42. The lowest BCUT2D eigenvalue weighted by Crippen LogP contribution is -2.40. The third kappa shape index (κ3) is 3.67. The van der Waals surface area contributed by atoms with E-state index >= 15 is 0 Å². The molecule has 0 heterocycles. The van der Waals surface area contributed by atoms with Crippen molar-refractivity contribution in [2.75, 3.05) is 14.1 Å². The first-order valence-electron chi connectivity index (χ1n) is 7.37. The molecular weight excluding hydrogens is 291 g/mol. The van der Waals surface area contributed by atoms with E-state index in [1.54, 1.807) is 0 Å². The molecule has 1 fully saturated rings. The van der Waals surface area contributed by atoms with Gasteiger partial charge in [-0.1, -0.05) is 29.3 Å². The van der Waals surface area contributed by atoms with E-state index in [0.717, 1.165) is 0 Å². The molecule has 1 N–H and O–H groups in total. The van der Waals surface area contributed by atoms with Crippen molar-refractivity contribution in [2.24, 2.45) is 0 Å². The van der Waals surface area contributed by atoms with Gasteiger partial charge in [-0.25, -0.2) is 0 Å². The van der Waals surface area contributed by atoms with E-state index in [1.807, 2.05) is 12.1 Å².